The summed E-state index contributed by atoms with van der Waals surface area (Å²) in [5.74, 6) is 0.222. The number of anilines is 1. The van der Waals surface area contributed by atoms with Crippen molar-refractivity contribution < 1.29 is 8.42 Å². The van der Waals surface area contributed by atoms with Gasteiger partial charge in [0.05, 0.1) is 10.6 Å². The van der Waals surface area contributed by atoms with E-state index in [4.69, 9.17) is 0 Å². The van der Waals surface area contributed by atoms with Gasteiger partial charge in [-0.25, -0.2) is 8.42 Å². The largest absolute Gasteiger partial charge is 0.371 e. The lowest BCUT2D eigenvalue weighted by atomic mass is 10.0. The molecule has 0 spiro atoms. The Balaban J connectivity index is 2.06. The van der Waals surface area contributed by atoms with Gasteiger partial charge in [0.15, 0.2) is 9.84 Å². The summed E-state index contributed by atoms with van der Waals surface area (Å²) in [5.41, 5.74) is 1.12. The van der Waals surface area contributed by atoms with Crippen LogP contribution in [0.25, 0.3) is 0 Å². The average Bonchev–Trinajstić information content (AvgIpc) is 2.47. The summed E-state index contributed by atoms with van der Waals surface area (Å²) in [6, 6.07) is 7.95. The summed E-state index contributed by atoms with van der Waals surface area (Å²) in [4.78, 5) is 2.76. The zero-order chi connectivity index (χ0) is 14.6. The fraction of sp³-hybridized carbons (Fsp3) is 0.600. The molecule has 0 saturated carbocycles. The zero-order valence-corrected chi connectivity index (χ0v) is 13.1. The Hall–Kier alpha value is -1.07. The summed E-state index contributed by atoms with van der Waals surface area (Å²) in [7, 11) is -1.09. The molecule has 0 unspecified atom stereocenters. The highest BCUT2D eigenvalue weighted by Crippen LogP contribution is 2.22. The second-order valence-corrected chi connectivity index (χ2v) is 7.47. The zero-order valence-electron chi connectivity index (χ0n) is 12.3. The highest BCUT2D eigenvalue weighted by molar-refractivity contribution is 7.91. The fourth-order valence-electron chi connectivity index (χ4n) is 2.68. The molecule has 0 radical (unpaired) electrons. The van der Waals surface area contributed by atoms with E-state index in [9.17, 15) is 8.42 Å². The molecule has 112 valence electrons. The van der Waals surface area contributed by atoms with Gasteiger partial charge in [-0.15, -0.1) is 0 Å². The average molecular weight is 296 g/mol. The maximum absolute atomic E-state index is 12.0. The van der Waals surface area contributed by atoms with Crippen LogP contribution in [0, 0.1) is 0 Å². The van der Waals surface area contributed by atoms with E-state index in [-0.39, 0.29) is 5.75 Å². The third kappa shape index (κ3) is 3.52. The van der Waals surface area contributed by atoms with E-state index in [2.05, 4.69) is 10.2 Å². The first kappa shape index (κ1) is 15.3. The van der Waals surface area contributed by atoms with Crippen molar-refractivity contribution in [3.05, 3.63) is 24.3 Å². The number of rotatable bonds is 5. The fourth-order valence-corrected chi connectivity index (χ4v) is 4.00. The smallest absolute Gasteiger partial charge is 0.178 e. The van der Waals surface area contributed by atoms with E-state index in [1.807, 2.05) is 26.1 Å². The minimum Gasteiger partial charge on any atom is -0.371 e. The van der Waals surface area contributed by atoms with Crippen molar-refractivity contribution in [1.82, 2.24) is 5.32 Å². The molecule has 2 rings (SSSR count). The van der Waals surface area contributed by atoms with Crippen molar-refractivity contribution in [2.24, 2.45) is 0 Å². The lowest BCUT2D eigenvalue weighted by Gasteiger charge is -2.33. The first-order valence-corrected chi connectivity index (χ1v) is 8.97. The van der Waals surface area contributed by atoms with Gasteiger partial charge in [-0.2, -0.15) is 0 Å². The van der Waals surface area contributed by atoms with Gasteiger partial charge in [0.2, 0.25) is 0 Å². The van der Waals surface area contributed by atoms with Crippen LogP contribution in [0.1, 0.15) is 26.2 Å². The Kier molecular flexibility index (Phi) is 5.05. The minimum atomic E-state index is -3.10. The maximum atomic E-state index is 12.0. The SMILES string of the molecule is CCCS(=O)(=O)c1ccc(N2CCC(NC)CC2)cc1. The van der Waals surface area contributed by atoms with Gasteiger partial charge >= 0.3 is 0 Å². The standard InChI is InChI=1S/C15H24N2O2S/c1-3-12-20(18,19)15-6-4-14(5-7-15)17-10-8-13(16-2)9-11-17/h4-7,13,16H,3,8-12H2,1-2H3. The molecule has 0 aliphatic carbocycles. The van der Waals surface area contributed by atoms with E-state index in [0.717, 1.165) is 31.6 Å². The van der Waals surface area contributed by atoms with E-state index in [0.29, 0.717) is 17.4 Å². The Bertz CT molecular complexity index is 517. The number of piperidine rings is 1. The number of nitrogens with zero attached hydrogens (tertiary/aromatic N) is 1. The van der Waals surface area contributed by atoms with Gasteiger partial charge < -0.3 is 10.2 Å². The van der Waals surface area contributed by atoms with Crippen LogP contribution in [-0.2, 0) is 9.84 Å². The molecule has 1 aromatic carbocycles. The lowest BCUT2D eigenvalue weighted by molar-refractivity contribution is 0.442. The summed E-state index contributed by atoms with van der Waals surface area (Å²) >= 11 is 0. The number of sulfone groups is 1. The van der Waals surface area contributed by atoms with Crippen LogP contribution in [0.15, 0.2) is 29.2 Å². The molecule has 1 N–H and O–H groups in total. The Morgan fingerprint density at radius 3 is 2.30 bits per heavy atom. The Morgan fingerprint density at radius 2 is 1.80 bits per heavy atom. The molecule has 0 bridgehead atoms. The molecule has 1 heterocycles. The van der Waals surface area contributed by atoms with Gasteiger partial charge in [0.1, 0.15) is 0 Å². The van der Waals surface area contributed by atoms with E-state index < -0.39 is 9.84 Å². The van der Waals surface area contributed by atoms with Crippen molar-refractivity contribution in [3.63, 3.8) is 0 Å². The summed E-state index contributed by atoms with van der Waals surface area (Å²) in [6.45, 7) is 3.93. The molecule has 20 heavy (non-hydrogen) atoms. The third-order valence-corrected chi connectivity index (χ3v) is 5.87. The molecule has 1 aliphatic heterocycles. The molecule has 5 heteroatoms. The molecule has 4 nitrogen and oxygen atoms in total. The molecule has 1 fully saturated rings. The lowest BCUT2D eigenvalue weighted by Crippen LogP contribution is -2.41. The molecule has 1 aromatic rings. The van der Waals surface area contributed by atoms with Gasteiger partial charge in [-0.3, -0.25) is 0 Å². The number of benzene rings is 1. The predicted molar refractivity (Wildman–Crippen MR) is 83.1 cm³/mol. The maximum Gasteiger partial charge on any atom is 0.178 e. The Morgan fingerprint density at radius 1 is 1.20 bits per heavy atom. The van der Waals surface area contributed by atoms with Crippen LogP contribution in [0.3, 0.4) is 0 Å². The number of hydrogen-bond donors (Lipinski definition) is 1. The molecule has 0 aromatic heterocycles. The second kappa shape index (κ2) is 6.59. The van der Waals surface area contributed by atoms with E-state index >= 15 is 0 Å². The number of hydrogen-bond acceptors (Lipinski definition) is 4. The van der Waals surface area contributed by atoms with Gasteiger partial charge in [-0.05, 0) is 50.6 Å². The van der Waals surface area contributed by atoms with Crippen molar-refractivity contribution >= 4 is 15.5 Å². The monoisotopic (exact) mass is 296 g/mol. The highest BCUT2D eigenvalue weighted by Gasteiger charge is 2.19. The molecule has 1 saturated heterocycles. The highest BCUT2D eigenvalue weighted by atomic mass is 32.2. The van der Waals surface area contributed by atoms with Crippen LogP contribution in [0.2, 0.25) is 0 Å². The number of nitrogens with one attached hydrogen (secondary N) is 1. The van der Waals surface area contributed by atoms with Crippen molar-refractivity contribution in [2.75, 3.05) is 30.8 Å². The summed E-state index contributed by atoms with van der Waals surface area (Å²) in [6.07, 6.45) is 2.92. The van der Waals surface area contributed by atoms with Crippen LogP contribution in [0.4, 0.5) is 5.69 Å². The van der Waals surface area contributed by atoms with Gasteiger partial charge in [0.25, 0.3) is 0 Å². The van der Waals surface area contributed by atoms with Crippen LogP contribution in [-0.4, -0.2) is 40.3 Å². The topological polar surface area (TPSA) is 49.4 Å². The van der Waals surface area contributed by atoms with Gasteiger partial charge in [-0.1, -0.05) is 6.92 Å². The van der Waals surface area contributed by atoms with Crippen LogP contribution >= 0.6 is 0 Å². The first-order chi connectivity index (χ1) is 9.56. The quantitative estimate of drug-likeness (QED) is 0.903. The minimum absolute atomic E-state index is 0.222. The Labute approximate surface area is 122 Å². The molecule has 0 atom stereocenters. The van der Waals surface area contributed by atoms with Crippen molar-refractivity contribution in [2.45, 2.75) is 37.1 Å². The molecular weight excluding hydrogens is 272 g/mol. The third-order valence-electron chi connectivity index (χ3n) is 3.94. The van der Waals surface area contributed by atoms with E-state index in [1.165, 1.54) is 0 Å². The second-order valence-electron chi connectivity index (χ2n) is 5.36. The van der Waals surface area contributed by atoms with E-state index in [1.54, 1.807) is 12.1 Å². The van der Waals surface area contributed by atoms with Crippen LogP contribution < -0.4 is 10.2 Å². The van der Waals surface area contributed by atoms with Crippen LogP contribution in [0.5, 0.6) is 0 Å². The molecule has 0 amide bonds. The predicted octanol–water partition coefficient (Wildman–Crippen LogP) is 2.06. The van der Waals surface area contributed by atoms with Gasteiger partial charge in [0, 0.05) is 24.8 Å². The van der Waals surface area contributed by atoms with Crippen molar-refractivity contribution in [3.8, 4) is 0 Å². The summed E-state index contributed by atoms with van der Waals surface area (Å²) in [5, 5.41) is 3.31. The molecular formula is C15H24N2O2S. The molecule has 1 aliphatic rings. The first-order valence-electron chi connectivity index (χ1n) is 7.32. The van der Waals surface area contributed by atoms with Crippen molar-refractivity contribution in [1.29, 1.82) is 0 Å². The normalized spacial score (nSPS) is 17.4. The summed E-state index contributed by atoms with van der Waals surface area (Å²) < 4.78 is 24.0.